The number of Topliss-reactive ketones (excluding diaryl/α,β-unsaturated/α-hetero) is 1. The quantitative estimate of drug-likeness (QED) is 0.504. The highest BCUT2D eigenvalue weighted by molar-refractivity contribution is 6.47. The van der Waals surface area contributed by atoms with Crippen LogP contribution in [0.3, 0.4) is 0 Å². The van der Waals surface area contributed by atoms with Crippen LogP contribution in [-0.4, -0.2) is 11.7 Å². The van der Waals surface area contributed by atoms with Gasteiger partial charge in [-0.2, -0.15) is 0 Å². The summed E-state index contributed by atoms with van der Waals surface area (Å²) in [7, 11) is 0. The van der Waals surface area contributed by atoms with E-state index >= 15 is 0 Å². The van der Waals surface area contributed by atoms with Crippen LogP contribution in [0, 0.1) is 0 Å². The Morgan fingerprint density at radius 3 is 2.55 bits per heavy atom. The molecule has 0 saturated carbocycles. The van der Waals surface area contributed by atoms with Gasteiger partial charge in [-0.3, -0.25) is 9.59 Å². The van der Waals surface area contributed by atoms with Gasteiger partial charge >= 0.3 is 5.91 Å². The second-order valence-corrected chi connectivity index (χ2v) is 2.26. The molecule has 0 bridgehead atoms. The van der Waals surface area contributed by atoms with Gasteiger partial charge in [-0.25, -0.2) is 5.32 Å². The van der Waals surface area contributed by atoms with Crippen LogP contribution in [0.4, 0.5) is 5.69 Å². The third-order valence-electron chi connectivity index (χ3n) is 1.56. The summed E-state index contributed by atoms with van der Waals surface area (Å²) in [5.74, 6) is -1.16. The Morgan fingerprint density at radius 1 is 1.09 bits per heavy atom. The normalized spacial score (nSPS) is 14.5. The van der Waals surface area contributed by atoms with Gasteiger partial charge in [0.2, 0.25) is 0 Å². The molecule has 53 valence electrons. The number of ketones is 1. The molecule has 0 aromatic heterocycles. The first-order chi connectivity index (χ1) is 5.29. The van der Waals surface area contributed by atoms with E-state index in [1.165, 1.54) is 0 Å². The maximum Gasteiger partial charge on any atom is 0.318 e. The SMILES string of the molecule is O=C1[N]c2ccccc2C1=O. The Hall–Kier alpha value is -1.64. The fourth-order valence-electron chi connectivity index (χ4n) is 1.04. The maximum absolute atomic E-state index is 11.0. The van der Waals surface area contributed by atoms with Gasteiger partial charge in [0, 0.05) is 0 Å². The molecule has 3 heteroatoms. The lowest BCUT2D eigenvalue weighted by Crippen LogP contribution is -2.11. The number of hydrogen-bond donors (Lipinski definition) is 0. The van der Waals surface area contributed by atoms with E-state index in [9.17, 15) is 9.59 Å². The zero-order chi connectivity index (χ0) is 7.84. The van der Waals surface area contributed by atoms with Crippen molar-refractivity contribution in [3.8, 4) is 0 Å². The van der Waals surface area contributed by atoms with E-state index in [1.807, 2.05) is 0 Å². The first kappa shape index (κ1) is 6.09. The summed E-state index contributed by atoms with van der Waals surface area (Å²) in [6.45, 7) is 0. The van der Waals surface area contributed by atoms with Crippen molar-refractivity contribution in [1.29, 1.82) is 0 Å². The third kappa shape index (κ3) is 0.741. The van der Waals surface area contributed by atoms with Crippen molar-refractivity contribution in [3.63, 3.8) is 0 Å². The van der Waals surface area contributed by atoms with Crippen LogP contribution in [0.5, 0.6) is 0 Å². The first-order valence-electron chi connectivity index (χ1n) is 3.18. The average molecular weight is 146 g/mol. The van der Waals surface area contributed by atoms with Gasteiger partial charge in [0.15, 0.2) is 0 Å². The molecule has 1 amide bonds. The molecule has 0 aliphatic carbocycles. The molecule has 1 aromatic rings. The van der Waals surface area contributed by atoms with Crippen LogP contribution in [0.15, 0.2) is 24.3 Å². The van der Waals surface area contributed by atoms with Crippen LogP contribution < -0.4 is 5.32 Å². The van der Waals surface area contributed by atoms with Gasteiger partial charge in [0.25, 0.3) is 5.78 Å². The number of nitrogens with zero attached hydrogens (tertiary/aromatic N) is 1. The second-order valence-electron chi connectivity index (χ2n) is 2.26. The van der Waals surface area contributed by atoms with Crippen molar-refractivity contribution in [3.05, 3.63) is 29.8 Å². The van der Waals surface area contributed by atoms with Crippen molar-refractivity contribution in [2.75, 3.05) is 0 Å². The fraction of sp³-hybridized carbons (Fsp3) is 0. The van der Waals surface area contributed by atoms with Crippen LogP contribution >= 0.6 is 0 Å². The van der Waals surface area contributed by atoms with Crippen LogP contribution in [0.25, 0.3) is 0 Å². The van der Waals surface area contributed by atoms with Gasteiger partial charge in [-0.05, 0) is 12.1 Å². The highest BCUT2D eigenvalue weighted by Gasteiger charge is 2.28. The summed E-state index contributed by atoms with van der Waals surface area (Å²) >= 11 is 0. The summed E-state index contributed by atoms with van der Waals surface area (Å²) in [5.41, 5.74) is 0.903. The monoisotopic (exact) mass is 146 g/mol. The summed E-state index contributed by atoms with van der Waals surface area (Å²) in [6.07, 6.45) is 0. The summed E-state index contributed by atoms with van der Waals surface area (Å²) in [5, 5.41) is 3.54. The molecule has 0 saturated heterocycles. The van der Waals surface area contributed by atoms with Gasteiger partial charge in [0.05, 0.1) is 11.3 Å². The van der Waals surface area contributed by atoms with E-state index < -0.39 is 11.7 Å². The number of fused-ring (bicyclic) bond motifs is 1. The lowest BCUT2D eigenvalue weighted by molar-refractivity contribution is -0.115. The van der Waals surface area contributed by atoms with E-state index in [2.05, 4.69) is 5.32 Å². The Labute approximate surface area is 63.0 Å². The molecule has 0 atom stereocenters. The average Bonchev–Trinajstić information content (AvgIpc) is 2.30. The van der Waals surface area contributed by atoms with Crippen molar-refractivity contribution < 1.29 is 9.59 Å². The molecule has 0 N–H and O–H groups in total. The number of rotatable bonds is 0. The highest BCUT2D eigenvalue weighted by Crippen LogP contribution is 2.21. The van der Waals surface area contributed by atoms with Gasteiger partial charge in [-0.15, -0.1) is 0 Å². The van der Waals surface area contributed by atoms with E-state index in [-0.39, 0.29) is 0 Å². The summed E-state index contributed by atoms with van der Waals surface area (Å²) in [4.78, 5) is 21.7. The van der Waals surface area contributed by atoms with Gasteiger partial charge in [-0.1, -0.05) is 12.1 Å². The first-order valence-corrected chi connectivity index (χ1v) is 3.18. The van der Waals surface area contributed by atoms with Crippen molar-refractivity contribution in [2.24, 2.45) is 0 Å². The van der Waals surface area contributed by atoms with E-state index in [0.717, 1.165) is 0 Å². The molecule has 3 nitrogen and oxygen atoms in total. The lowest BCUT2D eigenvalue weighted by atomic mass is 10.1. The Kier molecular flexibility index (Phi) is 1.06. The molecular formula is C8H4NO2. The topological polar surface area (TPSA) is 48.2 Å². The zero-order valence-electron chi connectivity index (χ0n) is 5.57. The van der Waals surface area contributed by atoms with Crippen molar-refractivity contribution in [1.82, 2.24) is 5.32 Å². The Balaban J connectivity index is 2.64. The van der Waals surface area contributed by atoms with E-state index in [0.29, 0.717) is 11.3 Å². The molecule has 1 aromatic carbocycles. The number of amides is 1. The van der Waals surface area contributed by atoms with Crippen LogP contribution in [0.1, 0.15) is 10.4 Å². The molecule has 1 radical (unpaired) electrons. The highest BCUT2D eigenvalue weighted by atomic mass is 16.2. The number of carbonyl (C=O) groups is 2. The molecular weight excluding hydrogens is 142 g/mol. The lowest BCUT2D eigenvalue weighted by Gasteiger charge is -1.89. The molecule has 2 rings (SSSR count). The largest absolute Gasteiger partial charge is 0.318 e. The number of benzene rings is 1. The second kappa shape index (κ2) is 1.92. The third-order valence-corrected chi connectivity index (χ3v) is 1.56. The smallest absolute Gasteiger partial charge is 0.283 e. The molecule has 11 heavy (non-hydrogen) atoms. The standard InChI is InChI=1S/C8H4NO2/c10-7-5-3-1-2-4-6(5)9-8(7)11/h1-4H. The minimum atomic E-state index is -0.661. The van der Waals surface area contributed by atoms with E-state index in [4.69, 9.17) is 0 Å². The minimum Gasteiger partial charge on any atom is -0.283 e. The van der Waals surface area contributed by atoms with Gasteiger partial charge < -0.3 is 0 Å². The molecule has 0 spiro atoms. The maximum atomic E-state index is 11.0. The molecule has 0 unspecified atom stereocenters. The summed E-state index contributed by atoms with van der Waals surface area (Å²) in [6, 6.07) is 6.71. The van der Waals surface area contributed by atoms with Crippen molar-refractivity contribution >= 4 is 17.4 Å². The van der Waals surface area contributed by atoms with Crippen molar-refractivity contribution in [2.45, 2.75) is 0 Å². The van der Waals surface area contributed by atoms with Crippen LogP contribution in [0.2, 0.25) is 0 Å². The predicted molar refractivity (Wildman–Crippen MR) is 37.6 cm³/mol. The molecule has 1 aliphatic heterocycles. The Bertz CT molecular complexity index is 344. The fourth-order valence-corrected chi connectivity index (χ4v) is 1.04. The molecule has 1 aliphatic rings. The Morgan fingerprint density at radius 2 is 1.82 bits per heavy atom. The number of hydrogen-bond acceptors (Lipinski definition) is 2. The summed E-state index contributed by atoms with van der Waals surface area (Å²) < 4.78 is 0. The predicted octanol–water partition coefficient (Wildman–Crippen LogP) is 0.645. The van der Waals surface area contributed by atoms with Crippen LogP contribution in [-0.2, 0) is 4.79 Å². The number of carbonyl (C=O) groups excluding carboxylic acids is 2. The minimum absolute atomic E-state index is 0.414. The van der Waals surface area contributed by atoms with Gasteiger partial charge in [0.1, 0.15) is 0 Å². The molecule has 0 fully saturated rings. The number of para-hydroxylation sites is 1. The van der Waals surface area contributed by atoms with E-state index in [1.54, 1.807) is 24.3 Å². The zero-order valence-corrected chi connectivity index (χ0v) is 5.57. The molecule has 1 heterocycles.